The second-order valence-corrected chi connectivity index (χ2v) is 10.3. The van der Waals surface area contributed by atoms with Crippen LogP contribution in [0.4, 0.5) is 0 Å². The first kappa shape index (κ1) is 19.6. The lowest BCUT2D eigenvalue weighted by molar-refractivity contribution is 0.222. The Hall–Kier alpha value is -1.71. The zero-order valence-electron chi connectivity index (χ0n) is 15.3. The van der Waals surface area contributed by atoms with Crippen LogP contribution < -0.4 is 4.87 Å². The summed E-state index contributed by atoms with van der Waals surface area (Å²) in [6, 6.07) is 12.3. The van der Waals surface area contributed by atoms with Crippen molar-refractivity contribution in [2.75, 3.05) is 33.2 Å². The van der Waals surface area contributed by atoms with Gasteiger partial charge in [0.15, 0.2) is 0 Å². The summed E-state index contributed by atoms with van der Waals surface area (Å²) >= 11 is 6.99. The van der Waals surface area contributed by atoms with Gasteiger partial charge in [-0.3, -0.25) is 9.36 Å². The Bertz CT molecular complexity index is 1160. The number of fused-ring (bicyclic) bond motifs is 1. The third-order valence-electron chi connectivity index (χ3n) is 4.99. The zero-order valence-corrected chi connectivity index (χ0v) is 17.7. The van der Waals surface area contributed by atoms with Crippen LogP contribution in [0.25, 0.3) is 10.2 Å². The second kappa shape index (κ2) is 7.61. The van der Waals surface area contributed by atoms with E-state index in [0.717, 1.165) is 22.4 Å². The number of halogens is 1. The van der Waals surface area contributed by atoms with Gasteiger partial charge in [0.25, 0.3) is 0 Å². The second-order valence-electron chi connectivity index (χ2n) is 6.92. The SMILES string of the molecule is CN1CCN(S(=O)(=O)c2ccc3c(c2)sc(=O)n3Cc2ccc(Cl)cc2)CC1. The van der Waals surface area contributed by atoms with Crippen molar-refractivity contribution >= 4 is 43.2 Å². The first-order valence-corrected chi connectivity index (χ1v) is 11.5. The summed E-state index contributed by atoms with van der Waals surface area (Å²) in [5.74, 6) is 0. The van der Waals surface area contributed by atoms with E-state index in [1.54, 1.807) is 34.9 Å². The molecule has 3 aromatic rings. The van der Waals surface area contributed by atoms with E-state index in [1.165, 1.54) is 4.31 Å². The van der Waals surface area contributed by atoms with Gasteiger partial charge in [0, 0.05) is 31.2 Å². The fraction of sp³-hybridized carbons (Fsp3) is 0.316. The van der Waals surface area contributed by atoms with Crippen LogP contribution in [0.15, 0.2) is 52.2 Å². The van der Waals surface area contributed by atoms with Crippen LogP contribution in [0, 0.1) is 0 Å². The fourth-order valence-electron chi connectivity index (χ4n) is 3.31. The summed E-state index contributed by atoms with van der Waals surface area (Å²) in [4.78, 5) is 14.7. The van der Waals surface area contributed by atoms with E-state index in [4.69, 9.17) is 11.6 Å². The highest BCUT2D eigenvalue weighted by atomic mass is 35.5. The number of benzene rings is 2. The number of aromatic nitrogens is 1. The van der Waals surface area contributed by atoms with Gasteiger partial charge in [-0.25, -0.2) is 8.42 Å². The number of hydrogen-bond donors (Lipinski definition) is 0. The first-order chi connectivity index (χ1) is 13.3. The molecule has 0 aliphatic carbocycles. The van der Waals surface area contributed by atoms with Crippen LogP contribution >= 0.6 is 22.9 Å². The molecule has 28 heavy (non-hydrogen) atoms. The van der Waals surface area contributed by atoms with Crippen LogP contribution in [0.2, 0.25) is 5.02 Å². The van der Waals surface area contributed by atoms with Crippen LogP contribution in [0.5, 0.6) is 0 Å². The van der Waals surface area contributed by atoms with Gasteiger partial charge in [-0.15, -0.1) is 0 Å². The number of thiazole rings is 1. The maximum Gasteiger partial charge on any atom is 0.308 e. The average Bonchev–Trinajstić information content (AvgIpc) is 2.98. The molecule has 148 valence electrons. The molecule has 0 spiro atoms. The van der Waals surface area contributed by atoms with E-state index < -0.39 is 10.0 Å². The molecule has 1 aromatic heterocycles. The molecule has 2 aromatic carbocycles. The van der Waals surface area contributed by atoms with Gasteiger partial charge in [0.1, 0.15) is 0 Å². The molecule has 0 radical (unpaired) electrons. The lowest BCUT2D eigenvalue weighted by atomic mass is 10.2. The molecular formula is C19H20ClN3O3S2. The molecule has 4 rings (SSSR count). The van der Waals surface area contributed by atoms with Gasteiger partial charge < -0.3 is 4.90 Å². The van der Waals surface area contributed by atoms with Gasteiger partial charge in [-0.05, 0) is 42.9 Å². The molecule has 0 atom stereocenters. The lowest BCUT2D eigenvalue weighted by Gasteiger charge is -2.31. The highest BCUT2D eigenvalue weighted by Gasteiger charge is 2.28. The van der Waals surface area contributed by atoms with E-state index in [2.05, 4.69) is 4.90 Å². The third kappa shape index (κ3) is 3.75. The van der Waals surface area contributed by atoms with Gasteiger partial charge in [0.05, 0.1) is 21.7 Å². The van der Waals surface area contributed by atoms with Crippen LogP contribution in [-0.4, -0.2) is 55.4 Å². The summed E-state index contributed by atoms with van der Waals surface area (Å²) < 4.78 is 29.8. The minimum absolute atomic E-state index is 0.112. The summed E-state index contributed by atoms with van der Waals surface area (Å²) in [5, 5.41) is 0.644. The van der Waals surface area contributed by atoms with Crippen molar-refractivity contribution in [3.05, 3.63) is 62.7 Å². The maximum absolute atomic E-state index is 13.0. The normalized spacial score (nSPS) is 16.6. The minimum atomic E-state index is -3.56. The van der Waals surface area contributed by atoms with Crippen molar-refractivity contribution in [2.24, 2.45) is 0 Å². The van der Waals surface area contributed by atoms with Crippen LogP contribution in [-0.2, 0) is 16.6 Å². The quantitative estimate of drug-likeness (QED) is 0.629. The molecule has 0 bridgehead atoms. The van der Waals surface area contributed by atoms with Gasteiger partial charge in [-0.1, -0.05) is 35.1 Å². The first-order valence-electron chi connectivity index (χ1n) is 8.91. The van der Waals surface area contributed by atoms with Crippen LogP contribution in [0.3, 0.4) is 0 Å². The number of likely N-dealkylation sites (N-methyl/N-ethyl adjacent to an activating group) is 1. The topological polar surface area (TPSA) is 62.6 Å². The Balaban J connectivity index is 1.67. The van der Waals surface area contributed by atoms with Crippen molar-refractivity contribution < 1.29 is 8.42 Å². The highest BCUT2D eigenvalue weighted by Crippen LogP contribution is 2.25. The Morgan fingerprint density at radius 3 is 2.39 bits per heavy atom. The van der Waals surface area contributed by atoms with Crippen molar-refractivity contribution in [3.63, 3.8) is 0 Å². The smallest absolute Gasteiger partial charge is 0.304 e. The molecule has 0 saturated carbocycles. The third-order valence-corrected chi connectivity index (χ3v) is 8.08. The largest absolute Gasteiger partial charge is 0.308 e. The predicted octanol–water partition coefficient (Wildman–Crippen LogP) is 2.70. The van der Waals surface area contributed by atoms with Crippen molar-refractivity contribution in [1.29, 1.82) is 0 Å². The lowest BCUT2D eigenvalue weighted by Crippen LogP contribution is -2.46. The average molecular weight is 438 g/mol. The summed E-state index contributed by atoms with van der Waals surface area (Å²) in [6.07, 6.45) is 0. The van der Waals surface area contributed by atoms with Gasteiger partial charge >= 0.3 is 4.87 Å². The molecule has 2 heterocycles. The van der Waals surface area contributed by atoms with E-state index in [0.29, 0.717) is 42.4 Å². The zero-order chi connectivity index (χ0) is 19.9. The van der Waals surface area contributed by atoms with E-state index in [-0.39, 0.29) is 9.77 Å². The molecule has 0 N–H and O–H groups in total. The molecule has 0 amide bonds. The fourth-order valence-corrected chi connectivity index (χ4v) is 5.89. The molecular weight excluding hydrogens is 418 g/mol. The van der Waals surface area contributed by atoms with Crippen LogP contribution in [0.1, 0.15) is 5.56 Å². The molecule has 6 nitrogen and oxygen atoms in total. The van der Waals surface area contributed by atoms with E-state index in [1.807, 2.05) is 19.2 Å². The Morgan fingerprint density at radius 1 is 1.04 bits per heavy atom. The Morgan fingerprint density at radius 2 is 1.71 bits per heavy atom. The standard InChI is InChI=1S/C19H20ClN3O3S2/c1-21-8-10-22(11-9-21)28(25,26)16-6-7-17-18(12-16)27-19(24)23(17)13-14-2-4-15(20)5-3-14/h2-7,12H,8-11,13H2,1H3. The predicted molar refractivity (Wildman–Crippen MR) is 113 cm³/mol. The Labute approximate surface area is 172 Å². The summed E-state index contributed by atoms with van der Waals surface area (Å²) in [7, 11) is -1.57. The highest BCUT2D eigenvalue weighted by molar-refractivity contribution is 7.89. The number of nitrogens with zero attached hydrogens (tertiary/aromatic N) is 3. The molecule has 0 unspecified atom stereocenters. The molecule has 1 aliphatic heterocycles. The molecule has 1 fully saturated rings. The minimum Gasteiger partial charge on any atom is -0.304 e. The number of rotatable bonds is 4. The monoisotopic (exact) mass is 437 g/mol. The molecule has 1 aliphatic rings. The van der Waals surface area contributed by atoms with E-state index in [9.17, 15) is 13.2 Å². The summed E-state index contributed by atoms with van der Waals surface area (Å²) in [6.45, 7) is 2.80. The van der Waals surface area contributed by atoms with Crippen molar-refractivity contribution in [3.8, 4) is 0 Å². The summed E-state index contributed by atoms with van der Waals surface area (Å²) in [5.41, 5.74) is 1.70. The van der Waals surface area contributed by atoms with E-state index >= 15 is 0 Å². The van der Waals surface area contributed by atoms with Gasteiger partial charge in [0.2, 0.25) is 10.0 Å². The number of piperazine rings is 1. The number of hydrogen-bond acceptors (Lipinski definition) is 5. The number of sulfonamides is 1. The Kier molecular flexibility index (Phi) is 5.32. The van der Waals surface area contributed by atoms with Crippen molar-refractivity contribution in [1.82, 2.24) is 13.8 Å². The van der Waals surface area contributed by atoms with Crippen molar-refractivity contribution in [2.45, 2.75) is 11.4 Å². The molecule has 9 heteroatoms. The van der Waals surface area contributed by atoms with Gasteiger partial charge in [-0.2, -0.15) is 4.31 Å². The maximum atomic E-state index is 13.0. The molecule has 1 saturated heterocycles.